The van der Waals surface area contributed by atoms with Gasteiger partial charge in [0.1, 0.15) is 0 Å². The second kappa shape index (κ2) is 3.35. The van der Waals surface area contributed by atoms with Crippen LogP contribution in [0.3, 0.4) is 0 Å². The molecule has 0 N–H and O–H groups in total. The summed E-state index contributed by atoms with van der Waals surface area (Å²) in [4.78, 5) is 22.8. The van der Waals surface area contributed by atoms with Crippen molar-refractivity contribution in [3.8, 4) is 0 Å². The number of ketones is 1. The lowest BCUT2D eigenvalue weighted by Crippen LogP contribution is -2.39. The van der Waals surface area contributed by atoms with Crippen molar-refractivity contribution >= 4 is 11.8 Å². The van der Waals surface area contributed by atoms with Crippen LogP contribution in [0.25, 0.3) is 0 Å². The van der Waals surface area contributed by atoms with Crippen molar-refractivity contribution in [3.63, 3.8) is 0 Å². The molecule has 0 amide bonds. The molecule has 15 heavy (non-hydrogen) atoms. The summed E-state index contributed by atoms with van der Waals surface area (Å²) in [6.07, 6.45) is 2.41. The highest BCUT2D eigenvalue weighted by atomic mass is 16.6. The molecule has 1 aliphatic heterocycles. The molecule has 0 aromatic heterocycles. The Labute approximate surface area is 87.4 Å². The van der Waals surface area contributed by atoms with Crippen molar-refractivity contribution in [3.05, 3.63) is 48.0 Å². The van der Waals surface area contributed by atoms with Crippen molar-refractivity contribution in [2.75, 3.05) is 0 Å². The molecule has 0 fully saturated rings. The van der Waals surface area contributed by atoms with Gasteiger partial charge in [0.25, 0.3) is 0 Å². The van der Waals surface area contributed by atoms with E-state index in [4.69, 9.17) is 4.74 Å². The van der Waals surface area contributed by atoms with Crippen LogP contribution in [0, 0.1) is 0 Å². The van der Waals surface area contributed by atoms with Gasteiger partial charge in [-0.25, -0.2) is 4.79 Å². The highest BCUT2D eigenvalue weighted by molar-refractivity contribution is 6.05. The molecular weight excluding hydrogens is 192 g/mol. The van der Waals surface area contributed by atoms with Gasteiger partial charge >= 0.3 is 5.97 Å². The fourth-order valence-electron chi connectivity index (χ4n) is 1.55. The fraction of sp³-hybridized carbons (Fsp3) is 0.167. The summed E-state index contributed by atoms with van der Waals surface area (Å²) in [5.74, 6) is -0.700. The third-order valence-electron chi connectivity index (χ3n) is 2.47. The van der Waals surface area contributed by atoms with E-state index < -0.39 is 11.6 Å². The van der Waals surface area contributed by atoms with E-state index in [9.17, 15) is 9.59 Å². The lowest BCUT2D eigenvalue weighted by molar-refractivity contribution is -0.162. The quantitative estimate of drug-likeness (QED) is 0.649. The number of carbonyl (C=O) groups is 2. The second-order valence-electron chi connectivity index (χ2n) is 3.52. The van der Waals surface area contributed by atoms with E-state index in [-0.39, 0.29) is 5.78 Å². The normalized spacial score (nSPS) is 25.1. The van der Waals surface area contributed by atoms with E-state index in [2.05, 4.69) is 0 Å². The standard InChI is InChI=1S/C12H10O3/c1-12(9-5-3-2-4-6-9)10(13)7-8-11(14)15-12/h2-8H,1H3/t12-/m0/s1. The lowest BCUT2D eigenvalue weighted by atomic mass is 9.89. The molecule has 1 atom stereocenters. The highest BCUT2D eigenvalue weighted by Gasteiger charge is 2.39. The Balaban J connectivity index is 2.47. The first-order chi connectivity index (χ1) is 7.13. The van der Waals surface area contributed by atoms with Crippen LogP contribution in [0.2, 0.25) is 0 Å². The van der Waals surface area contributed by atoms with E-state index >= 15 is 0 Å². The SMILES string of the molecule is C[C@@]1(c2ccccc2)OC(=O)C=CC1=O. The molecule has 0 saturated carbocycles. The zero-order chi connectivity index (χ0) is 10.9. The summed E-state index contributed by atoms with van der Waals surface area (Å²) in [7, 11) is 0. The molecular formula is C12H10O3. The van der Waals surface area contributed by atoms with Gasteiger partial charge in [0.15, 0.2) is 5.60 Å². The maximum Gasteiger partial charge on any atom is 0.332 e. The van der Waals surface area contributed by atoms with Gasteiger partial charge in [-0.1, -0.05) is 30.3 Å². The Morgan fingerprint density at radius 3 is 2.40 bits per heavy atom. The van der Waals surface area contributed by atoms with Gasteiger partial charge in [0, 0.05) is 11.6 Å². The topological polar surface area (TPSA) is 43.4 Å². The molecule has 1 aromatic carbocycles. The van der Waals surface area contributed by atoms with E-state index in [0.717, 1.165) is 6.08 Å². The van der Waals surface area contributed by atoms with Crippen molar-refractivity contribution < 1.29 is 14.3 Å². The Bertz CT molecular complexity index is 433. The molecule has 76 valence electrons. The average molecular weight is 202 g/mol. The van der Waals surface area contributed by atoms with Gasteiger partial charge in [0.2, 0.25) is 5.78 Å². The number of hydrogen-bond donors (Lipinski definition) is 0. The van der Waals surface area contributed by atoms with Crippen LogP contribution in [-0.2, 0) is 19.9 Å². The minimum atomic E-state index is -1.17. The lowest BCUT2D eigenvalue weighted by Gasteiger charge is -2.29. The third-order valence-corrected chi connectivity index (χ3v) is 2.47. The molecule has 3 nitrogen and oxygen atoms in total. The van der Waals surface area contributed by atoms with Crippen molar-refractivity contribution in [1.29, 1.82) is 0 Å². The molecule has 1 aromatic rings. The van der Waals surface area contributed by atoms with Gasteiger partial charge in [-0.2, -0.15) is 0 Å². The summed E-state index contributed by atoms with van der Waals surface area (Å²) < 4.78 is 5.10. The molecule has 0 spiro atoms. The number of carbonyl (C=O) groups excluding carboxylic acids is 2. The van der Waals surface area contributed by atoms with E-state index in [1.807, 2.05) is 6.07 Å². The van der Waals surface area contributed by atoms with Gasteiger partial charge in [0.05, 0.1) is 0 Å². The fourth-order valence-corrected chi connectivity index (χ4v) is 1.55. The predicted octanol–water partition coefficient (Wildman–Crippen LogP) is 1.58. The molecule has 3 heteroatoms. The van der Waals surface area contributed by atoms with Crippen LogP contribution < -0.4 is 0 Å². The monoisotopic (exact) mass is 202 g/mol. The van der Waals surface area contributed by atoms with Gasteiger partial charge in [-0.15, -0.1) is 0 Å². The van der Waals surface area contributed by atoms with Gasteiger partial charge < -0.3 is 4.74 Å². The number of cyclic esters (lactones) is 1. The maximum atomic E-state index is 11.7. The molecule has 1 heterocycles. The summed E-state index contributed by atoms with van der Waals surface area (Å²) in [5, 5.41) is 0. The zero-order valence-electron chi connectivity index (χ0n) is 8.27. The van der Waals surface area contributed by atoms with E-state index in [1.165, 1.54) is 6.08 Å². The molecule has 1 aliphatic rings. The van der Waals surface area contributed by atoms with Crippen LogP contribution in [0.1, 0.15) is 12.5 Å². The number of ether oxygens (including phenoxy) is 1. The first-order valence-corrected chi connectivity index (χ1v) is 4.64. The van der Waals surface area contributed by atoms with E-state index in [0.29, 0.717) is 5.56 Å². The highest BCUT2D eigenvalue weighted by Crippen LogP contribution is 2.29. The van der Waals surface area contributed by atoms with Gasteiger partial charge in [-0.3, -0.25) is 4.79 Å². The molecule has 0 unspecified atom stereocenters. The Morgan fingerprint density at radius 2 is 1.73 bits per heavy atom. The first-order valence-electron chi connectivity index (χ1n) is 4.64. The smallest absolute Gasteiger partial charge is 0.332 e. The first kappa shape index (κ1) is 9.65. The second-order valence-corrected chi connectivity index (χ2v) is 3.52. The number of benzene rings is 1. The van der Waals surface area contributed by atoms with Crippen LogP contribution in [0.15, 0.2) is 42.5 Å². The predicted molar refractivity (Wildman–Crippen MR) is 54.0 cm³/mol. The molecule has 0 saturated heterocycles. The number of esters is 1. The van der Waals surface area contributed by atoms with Crippen LogP contribution in [0.4, 0.5) is 0 Å². The summed E-state index contributed by atoms with van der Waals surface area (Å²) in [6, 6.07) is 8.99. The minimum Gasteiger partial charge on any atom is -0.443 e. The zero-order valence-corrected chi connectivity index (χ0v) is 8.27. The summed E-state index contributed by atoms with van der Waals surface area (Å²) in [6.45, 7) is 1.60. The molecule has 0 bridgehead atoms. The Morgan fingerprint density at radius 1 is 1.07 bits per heavy atom. The summed E-state index contributed by atoms with van der Waals surface area (Å²) >= 11 is 0. The average Bonchev–Trinajstić information content (AvgIpc) is 2.25. The minimum absolute atomic E-state index is 0.215. The van der Waals surface area contributed by atoms with Crippen LogP contribution in [-0.4, -0.2) is 11.8 Å². The summed E-state index contributed by atoms with van der Waals surface area (Å²) in [5.41, 5.74) is -0.486. The van der Waals surface area contributed by atoms with Crippen molar-refractivity contribution in [1.82, 2.24) is 0 Å². The number of hydrogen-bond acceptors (Lipinski definition) is 3. The van der Waals surface area contributed by atoms with Crippen LogP contribution >= 0.6 is 0 Å². The van der Waals surface area contributed by atoms with Crippen molar-refractivity contribution in [2.45, 2.75) is 12.5 Å². The molecule has 0 aliphatic carbocycles. The largest absolute Gasteiger partial charge is 0.443 e. The van der Waals surface area contributed by atoms with Gasteiger partial charge in [-0.05, 0) is 13.0 Å². The maximum absolute atomic E-state index is 11.7. The number of rotatable bonds is 1. The Kier molecular flexibility index (Phi) is 2.15. The molecule has 0 radical (unpaired) electrons. The van der Waals surface area contributed by atoms with E-state index in [1.54, 1.807) is 31.2 Å². The molecule has 2 rings (SSSR count). The van der Waals surface area contributed by atoms with Crippen molar-refractivity contribution in [2.24, 2.45) is 0 Å². The Hall–Kier alpha value is -1.90. The van der Waals surface area contributed by atoms with Crippen LogP contribution in [0.5, 0.6) is 0 Å². The third kappa shape index (κ3) is 1.56.